The van der Waals surface area contributed by atoms with Gasteiger partial charge in [0.2, 0.25) is 17.5 Å². The van der Waals surface area contributed by atoms with E-state index in [4.69, 9.17) is 11.6 Å². The zero-order valence-electron chi connectivity index (χ0n) is 36.1. The van der Waals surface area contributed by atoms with Crippen molar-refractivity contribution < 1.29 is 40.1 Å². The quantitative estimate of drug-likeness (QED) is 0.0379. The minimum Gasteiger partial charge on any atom is -0.744 e. The Morgan fingerprint density at radius 2 is 1.71 bits per heavy atom. The van der Waals surface area contributed by atoms with Crippen LogP contribution in [-0.4, -0.2) is 84.7 Å². The number of allylic oxidation sites excluding steroid dienone is 6. The third-order valence-corrected chi connectivity index (χ3v) is 14.9. The van der Waals surface area contributed by atoms with Gasteiger partial charge in [-0.1, -0.05) is 43.7 Å². The van der Waals surface area contributed by atoms with Gasteiger partial charge < -0.3 is 25.4 Å². The number of likely N-dealkylation sites (N-methyl/N-ethyl adjacent to an activating group) is 1. The fourth-order valence-corrected chi connectivity index (χ4v) is 10.9. The van der Waals surface area contributed by atoms with Gasteiger partial charge in [0, 0.05) is 78.1 Å². The van der Waals surface area contributed by atoms with Gasteiger partial charge in [0.1, 0.15) is 16.7 Å². The van der Waals surface area contributed by atoms with Crippen molar-refractivity contribution in [1.82, 2.24) is 15.6 Å². The molecule has 4 N–H and O–H groups in total. The van der Waals surface area contributed by atoms with Gasteiger partial charge in [-0.3, -0.25) is 14.1 Å². The third-order valence-electron chi connectivity index (χ3n) is 13.0. The van der Waals surface area contributed by atoms with E-state index in [2.05, 4.69) is 30.4 Å². The number of unbranched alkanes of at least 4 members (excludes halogenated alkanes) is 2. The van der Waals surface area contributed by atoms with Crippen molar-refractivity contribution in [2.75, 3.05) is 29.9 Å². The van der Waals surface area contributed by atoms with Crippen molar-refractivity contribution in [2.24, 2.45) is 0 Å². The highest BCUT2D eigenvalue weighted by Gasteiger charge is 2.45. The maximum Gasteiger partial charge on any atom is 0.294 e. The number of rotatable bonds is 16. The first-order valence-corrected chi connectivity index (χ1v) is 24.6. The summed E-state index contributed by atoms with van der Waals surface area (Å²) in [5.41, 5.74) is 5.27. The summed E-state index contributed by atoms with van der Waals surface area (Å²) in [6, 6.07) is 11.9. The monoisotopic (exact) mass is 918 g/mol. The molecular formula is C46H55ClN6O8S2. The average molecular weight is 920 g/mol. The molecule has 336 valence electrons. The minimum absolute atomic E-state index is 0.187. The molecule has 2 saturated heterocycles. The van der Waals surface area contributed by atoms with Crippen molar-refractivity contribution in [3.05, 3.63) is 107 Å². The van der Waals surface area contributed by atoms with Crippen LogP contribution in [0.25, 0.3) is 0 Å². The Labute approximate surface area is 375 Å². The SMILES string of the molecule is CCN1/C(=C/C=C/C=C/C2=[N+](CCCCCC(=O)NCC(=O)Nc3cc([C@H]4C[C@@H]5CC[C@H]4N5)cnc3Cl)c3ccc(S(=O)(=O)O)cc3C2(C)C)C(C)(C)c2cc(S(=O)(=O)[O-])ccc21. The first kappa shape index (κ1) is 46.3. The summed E-state index contributed by atoms with van der Waals surface area (Å²) in [5, 5.41) is 9.32. The van der Waals surface area contributed by atoms with E-state index in [0.29, 0.717) is 56.0 Å². The van der Waals surface area contributed by atoms with Crippen LogP contribution in [0.1, 0.15) is 102 Å². The topological polar surface area (TPSA) is 201 Å². The Bertz CT molecular complexity index is 2670. The van der Waals surface area contributed by atoms with E-state index in [9.17, 15) is 35.5 Å². The lowest BCUT2D eigenvalue weighted by atomic mass is 9.81. The Hall–Kier alpha value is -4.71. The molecule has 63 heavy (non-hydrogen) atoms. The summed E-state index contributed by atoms with van der Waals surface area (Å²) < 4.78 is 71.7. The van der Waals surface area contributed by atoms with Crippen LogP contribution in [0.5, 0.6) is 0 Å². The van der Waals surface area contributed by atoms with Crippen LogP contribution in [0.2, 0.25) is 5.15 Å². The molecule has 2 amide bonds. The number of nitrogens with one attached hydrogen (secondary N) is 3. The number of aromatic nitrogens is 1. The highest BCUT2D eigenvalue weighted by Crippen LogP contribution is 2.48. The summed E-state index contributed by atoms with van der Waals surface area (Å²) in [6.07, 6.45) is 17.0. The molecule has 0 spiro atoms. The molecule has 7 rings (SSSR count). The maximum atomic E-state index is 12.8. The molecule has 4 aliphatic rings. The van der Waals surface area contributed by atoms with Crippen LogP contribution >= 0.6 is 11.6 Å². The zero-order valence-corrected chi connectivity index (χ0v) is 38.5. The van der Waals surface area contributed by atoms with Crippen LogP contribution in [0.4, 0.5) is 17.1 Å². The number of carbonyl (C=O) groups is 2. The predicted molar refractivity (Wildman–Crippen MR) is 243 cm³/mol. The fourth-order valence-electron chi connectivity index (χ4n) is 9.71. The number of hydrogen-bond acceptors (Lipinski definition) is 10. The second-order valence-corrected chi connectivity index (χ2v) is 20.9. The van der Waals surface area contributed by atoms with E-state index in [0.717, 1.165) is 52.3 Å². The van der Waals surface area contributed by atoms with Crippen LogP contribution in [0, 0.1) is 0 Å². The van der Waals surface area contributed by atoms with Gasteiger partial charge >= 0.3 is 0 Å². The van der Waals surface area contributed by atoms with Gasteiger partial charge in [0.25, 0.3) is 10.1 Å². The van der Waals surface area contributed by atoms with Gasteiger partial charge in [0.15, 0.2) is 10.9 Å². The molecule has 4 aliphatic heterocycles. The van der Waals surface area contributed by atoms with Crippen LogP contribution in [0.3, 0.4) is 0 Å². The molecule has 3 aromatic rings. The van der Waals surface area contributed by atoms with Crippen molar-refractivity contribution >= 4 is 66.4 Å². The van der Waals surface area contributed by atoms with Crippen molar-refractivity contribution in [3.8, 4) is 0 Å². The molecule has 14 nitrogen and oxygen atoms in total. The maximum absolute atomic E-state index is 12.8. The molecule has 0 aliphatic carbocycles. The van der Waals surface area contributed by atoms with Crippen LogP contribution in [-0.2, 0) is 40.7 Å². The Morgan fingerprint density at radius 1 is 0.968 bits per heavy atom. The normalized spacial score (nSPS) is 21.8. The Balaban J connectivity index is 0.979. The van der Waals surface area contributed by atoms with Gasteiger partial charge in [-0.05, 0) is 106 Å². The van der Waals surface area contributed by atoms with E-state index in [1.165, 1.54) is 30.7 Å². The number of anilines is 2. The van der Waals surface area contributed by atoms with Crippen molar-refractivity contribution in [2.45, 2.75) is 118 Å². The van der Waals surface area contributed by atoms with Gasteiger partial charge in [0.05, 0.1) is 27.4 Å². The lowest BCUT2D eigenvalue weighted by Gasteiger charge is -2.25. The lowest BCUT2D eigenvalue weighted by Crippen LogP contribution is -2.32. The van der Waals surface area contributed by atoms with Gasteiger partial charge in [-0.25, -0.2) is 13.4 Å². The first-order valence-electron chi connectivity index (χ1n) is 21.4. The lowest BCUT2D eigenvalue weighted by molar-refractivity contribution is -0.438. The molecule has 17 heteroatoms. The second-order valence-electron chi connectivity index (χ2n) is 17.7. The number of halogens is 1. The third kappa shape index (κ3) is 9.71. The van der Waals surface area contributed by atoms with Gasteiger partial charge in [-0.15, -0.1) is 0 Å². The van der Waals surface area contributed by atoms with E-state index >= 15 is 0 Å². The number of benzene rings is 2. The molecule has 2 aromatic carbocycles. The Kier molecular flexibility index (Phi) is 13.3. The summed E-state index contributed by atoms with van der Waals surface area (Å²) in [4.78, 5) is 31.5. The summed E-state index contributed by atoms with van der Waals surface area (Å²) in [6.45, 7) is 11.0. The highest BCUT2D eigenvalue weighted by atomic mass is 35.5. The second kappa shape index (κ2) is 18.0. The smallest absolute Gasteiger partial charge is 0.294 e. The largest absolute Gasteiger partial charge is 0.744 e. The number of fused-ring (bicyclic) bond motifs is 4. The summed E-state index contributed by atoms with van der Waals surface area (Å²) in [7, 11) is -9.06. The van der Waals surface area contributed by atoms with Crippen LogP contribution < -0.4 is 20.9 Å². The van der Waals surface area contributed by atoms with Crippen molar-refractivity contribution in [3.63, 3.8) is 0 Å². The minimum atomic E-state index is -4.62. The summed E-state index contributed by atoms with van der Waals surface area (Å²) in [5.74, 6) is -0.305. The number of pyridine rings is 1. The first-order chi connectivity index (χ1) is 29.7. The Morgan fingerprint density at radius 3 is 2.40 bits per heavy atom. The predicted octanol–water partition coefficient (Wildman–Crippen LogP) is 7.00. The molecule has 2 bridgehead atoms. The van der Waals surface area contributed by atoms with E-state index in [1.54, 1.807) is 18.3 Å². The van der Waals surface area contributed by atoms with Crippen LogP contribution in [0.15, 0.2) is 94.5 Å². The van der Waals surface area contributed by atoms with E-state index < -0.39 is 37.0 Å². The standard InChI is InChI=1S/C46H55ClN6O8S2/c1-6-52-38-20-17-31(62(56,57)58)25-34(38)45(2,3)40(52)13-9-7-10-14-41-46(4,5)35-26-32(63(59,60)61)18-21-39(35)53(41)22-12-8-11-15-42(54)48-28-43(55)51-37-23-29(27-49-44(37)47)33-24-30-16-19-36(33)50-30/h7,9-10,13-14,17-18,20-21,23,25-27,30,33,36,50H,6,8,11-12,15-16,19,22,24,28H2,1-5H3,(H3-,48,51,54,55,56,57,58,59,60,61)/t30-,33+,36+/m0/s1. The molecule has 1 aromatic heterocycles. The molecule has 0 radical (unpaired) electrons. The highest BCUT2D eigenvalue weighted by molar-refractivity contribution is 7.86. The molecule has 3 atom stereocenters. The number of amides is 2. The number of hydrogen-bond donors (Lipinski definition) is 4. The number of nitrogens with zero attached hydrogens (tertiary/aromatic N) is 3. The summed E-state index contributed by atoms with van der Waals surface area (Å²) >= 11 is 6.32. The van der Waals surface area contributed by atoms with Gasteiger partial charge in [-0.2, -0.15) is 13.0 Å². The molecule has 0 saturated carbocycles. The van der Waals surface area contributed by atoms with Crippen molar-refractivity contribution in [1.29, 1.82) is 0 Å². The fraction of sp³-hybridized carbons (Fsp3) is 0.435. The van der Waals surface area contributed by atoms with E-state index in [1.807, 2.05) is 71.1 Å². The van der Waals surface area contributed by atoms with E-state index in [-0.39, 0.29) is 33.8 Å². The molecular weight excluding hydrogens is 864 g/mol. The molecule has 0 unspecified atom stereocenters. The number of carbonyl (C=O) groups excluding carboxylic acids is 2. The molecule has 2 fully saturated rings. The molecule has 5 heterocycles. The zero-order chi connectivity index (χ0) is 45.5. The average Bonchev–Trinajstić information content (AvgIpc) is 3.96.